The van der Waals surface area contributed by atoms with Crippen molar-refractivity contribution in [1.82, 2.24) is 5.32 Å². The summed E-state index contributed by atoms with van der Waals surface area (Å²) in [6, 6.07) is 19.4. The lowest BCUT2D eigenvalue weighted by Crippen LogP contribution is -2.30. The van der Waals surface area contributed by atoms with Gasteiger partial charge in [-0.25, -0.2) is 12.8 Å². The van der Waals surface area contributed by atoms with Crippen LogP contribution < -0.4 is 19.1 Å². The third-order valence-electron chi connectivity index (χ3n) is 4.78. The molecule has 0 fully saturated rings. The molecule has 0 bridgehead atoms. The molecule has 1 amide bonds. The molecule has 0 spiro atoms. The van der Waals surface area contributed by atoms with Gasteiger partial charge < -0.3 is 14.8 Å². The Bertz CT molecular complexity index is 1200. The summed E-state index contributed by atoms with van der Waals surface area (Å²) in [6.45, 7) is 0.484. The molecular weight excluding hydrogens is 447 g/mol. The van der Waals surface area contributed by atoms with E-state index in [1.54, 1.807) is 49.6 Å². The van der Waals surface area contributed by atoms with Crippen LogP contribution in [0.3, 0.4) is 0 Å². The minimum absolute atomic E-state index is 0.0307. The van der Waals surface area contributed by atoms with Crippen LogP contribution in [0.15, 0.2) is 72.8 Å². The molecular formula is C24H25FN2O5S. The third-order valence-corrected chi connectivity index (χ3v) is 5.90. The molecule has 33 heavy (non-hydrogen) atoms. The highest BCUT2D eigenvalue weighted by Gasteiger charge is 2.21. The van der Waals surface area contributed by atoms with E-state index >= 15 is 0 Å². The molecule has 0 aromatic heterocycles. The zero-order chi connectivity index (χ0) is 23.8. The van der Waals surface area contributed by atoms with Crippen molar-refractivity contribution >= 4 is 21.6 Å². The first-order valence-electron chi connectivity index (χ1n) is 10.1. The molecule has 0 aliphatic rings. The Morgan fingerprint density at radius 1 is 0.970 bits per heavy atom. The van der Waals surface area contributed by atoms with Gasteiger partial charge in [-0.2, -0.15) is 0 Å². The second kappa shape index (κ2) is 10.8. The SMILES string of the molecule is COc1ccccc1OCCNC(=O)c1ccc(CN(c2ccccc2F)S(C)(=O)=O)cc1. The average molecular weight is 473 g/mol. The van der Waals surface area contributed by atoms with Gasteiger partial charge in [0.25, 0.3) is 5.91 Å². The van der Waals surface area contributed by atoms with Gasteiger partial charge in [-0.3, -0.25) is 9.10 Å². The van der Waals surface area contributed by atoms with E-state index < -0.39 is 15.8 Å². The van der Waals surface area contributed by atoms with Gasteiger partial charge in [-0.1, -0.05) is 36.4 Å². The Morgan fingerprint density at radius 2 is 1.61 bits per heavy atom. The van der Waals surface area contributed by atoms with Crippen LogP contribution in [0.2, 0.25) is 0 Å². The number of methoxy groups -OCH3 is 1. The summed E-state index contributed by atoms with van der Waals surface area (Å²) in [4.78, 5) is 12.4. The van der Waals surface area contributed by atoms with Crippen molar-refractivity contribution in [3.63, 3.8) is 0 Å². The van der Waals surface area contributed by atoms with E-state index in [4.69, 9.17) is 9.47 Å². The number of rotatable bonds is 10. The Kier molecular flexibility index (Phi) is 7.89. The van der Waals surface area contributed by atoms with Gasteiger partial charge in [-0.15, -0.1) is 0 Å². The Morgan fingerprint density at radius 3 is 2.24 bits per heavy atom. The van der Waals surface area contributed by atoms with Crippen molar-refractivity contribution in [2.75, 3.05) is 30.8 Å². The van der Waals surface area contributed by atoms with E-state index in [0.29, 0.717) is 22.6 Å². The highest BCUT2D eigenvalue weighted by molar-refractivity contribution is 7.92. The van der Waals surface area contributed by atoms with Crippen molar-refractivity contribution in [3.05, 3.63) is 89.7 Å². The Labute approximate surface area is 192 Å². The fourth-order valence-electron chi connectivity index (χ4n) is 3.13. The molecule has 3 aromatic carbocycles. The van der Waals surface area contributed by atoms with Crippen LogP contribution in [-0.4, -0.2) is 40.8 Å². The number of anilines is 1. The van der Waals surface area contributed by atoms with Crippen LogP contribution in [0.4, 0.5) is 10.1 Å². The van der Waals surface area contributed by atoms with Crippen LogP contribution in [0.25, 0.3) is 0 Å². The number of sulfonamides is 1. The fourth-order valence-corrected chi connectivity index (χ4v) is 4.02. The highest BCUT2D eigenvalue weighted by atomic mass is 32.2. The first-order valence-corrected chi connectivity index (χ1v) is 12.0. The number of carbonyl (C=O) groups is 1. The number of ether oxygens (including phenoxy) is 2. The van der Waals surface area contributed by atoms with E-state index in [0.717, 1.165) is 10.6 Å². The predicted molar refractivity (Wildman–Crippen MR) is 125 cm³/mol. The molecule has 0 radical (unpaired) electrons. The molecule has 3 rings (SSSR count). The third kappa shape index (κ3) is 6.45. The van der Waals surface area contributed by atoms with Gasteiger partial charge in [0.1, 0.15) is 12.4 Å². The van der Waals surface area contributed by atoms with Gasteiger partial charge >= 0.3 is 0 Å². The number of nitrogens with zero attached hydrogens (tertiary/aromatic N) is 1. The minimum atomic E-state index is -3.72. The topological polar surface area (TPSA) is 84.9 Å². The van der Waals surface area contributed by atoms with E-state index in [1.807, 2.05) is 12.1 Å². The van der Waals surface area contributed by atoms with Crippen molar-refractivity contribution in [1.29, 1.82) is 0 Å². The number of carbonyl (C=O) groups excluding carboxylic acids is 1. The zero-order valence-corrected chi connectivity index (χ0v) is 19.1. The van der Waals surface area contributed by atoms with Crippen LogP contribution in [0.5, 0.6) is 11.5 Å². The smallest absolute Gasteiger partial charge is 0.251 e. The van der Waals surface area contributed by atoms with Crippen molar-refractivity contribution in [2.45, 2.75) is 6.54 Å². The van der Waals surface area contributed by atoms with Crippen molar-refractivity contribution in [2.24, 2.45) is 0 Å². The zero-order valence-electron chi connectivity index (χ0n) is 18.3. The molecule has 0 saturated heterocycles. The minimum Gasteiger partial charge on any atom is -0.493 e. The first kappa shape index (κ1) is 24.1. The summed E-state index contributed by atoms with van der Waals surface area (Å²) >= 11 is 0. The van der Waals surface area contributed by atoms with Crippen molar-refractivity contribution in [3.8, 4) is 11.5 Å². The summed E-state index contributed by atoms with van der Waals surface area (Å²) in [5.41, 5.74) is 0.990. The maximum absolute atomic E-state index is 14.2. The Hall–Kier alpha value is -3.59. The molecule has 0 aliphatic carbocycles. The molecule has 174 valence electrons. The van der Waals surface area contributed by atoms with Gasteiger partial charge in [-0.05, 0) is 42.0 Å². The number of amides is 1. The number of hydrogen-bond acceptors (Lipinski definition) is 5. The summed E-state index contributed by atoms with van der Waals surface area (Å²) in [6.07, 6.45) is 1.02. The highest BCUT2D eigenvalue weighted by Crippen LogP contribution is 2.26. The molecule has 1 N–H and O–H groups in total. The summed E-state index contributed by atoms with van der Waals surface area (Å²) in [5.74, 6) is 0.273. The number of hydrogen-bond donors (Lipinski definition) is 1. The normalized spacial score (nSPS) is 11.0. The predicted octanol–water partition coefficient (Wildman–Crippen LogP) is 3.61. The lowest BCUT2D eigenvalue weighted by Gasteiger charge is -2.23. The first-order chi connectivity index (χ1) is 15.8. The molecule has 3 aromatic rings. The lowest BCUT2D eigenvalue weighted by molar-refractivity contribution is 0.0947. The van der Waals surface area contributed by atoms with Gasteiger partial charge in [0.2, 0.25) is 10.0 Å². The molecule has 0 saturated carbocycles. The maximum Gasteiger partial charge on any atom is 0.251 e. The number of halogens is 1. The van der Waals surface area contributed by atoms with E-state index in [-0.39, 0.29) is 31.3 Å². The standard InChI is InChI=1S/C24H25FN2O5S/c1-31-22-9-5-6-10-23(22)32-16-15-26-24(28)19-13-11-18(12-14-19)17-27(33(2,29)30)21-8-4-3-7-20(21)25/h3-14H,15-17H2,1-2H3,(H,26,28). The molecule has 9 heteroatoms. The summed E-state index contributed by atoms with van der Waals surface area (Å²) in [5, 5.41) is 2.76. The van der Waals surface area contributed by atoms with Crippen LogP contribution in [0, 0.1) is 5.82 Å². The van der Waals surface area contributed by atoms with E-state index in [2.05, 4.69) is 5.32 Å². The molecule has 0 aliphatic heterocycles. The Balaban J connectivity index is 1.58. The van der Waals surface area contributed by atoms with E-state index in [9.17, 15) is 17.6 Å². The lowest BCUT2D eigenvalue weighted by atomic mass is 10.1. The molecule has 0 atom stereocenters. The van der Waals surface area contributed by atoms with Crippen LogP contribution in [-0.2, 0) is 16.6 Å². The monoisotopic (exact) mass is 472 g/mol. The van der Waals surface area contributed by atoms with Gasteiger partial charge in [0.15, 0.2) is 11.5 Å². The van der Waals surface area contributed by atoms with Crippen molar-refractivity contribution < 1.29 is 27.1 Å². The second-order valence-corrected chi connectivity index (χ2v) is 9.08. The number of para-hydroxylation sites is 3. The molecule has 7 nitrogen and oxygen atoms in total. The van der Waals surface area contributed by atoms with Crippen LogP contribution >= 0.6 is 0 Å². The number of benzene rings is 3. The van der Waals surface area contributed by atoms with Gasteiger partial charge in [0, 0.05) is 5.56 Å². The number of nitrogens with one attached hydrogen (secondary N) is 1. The van der Waals surface area contributed by atoms with Crippen LogP contribution in [0.1, 0.15) is 15.9 Å². The quantitative estimate of drug-likeness (QED) is 0.456. The largest absolute Gasteiger partial charge is 0.493 e. The average Bonchev–Trinajstić information content (AvgIpc) is 2.80. The maximum atomic E-state index is 14.2. The fraction of sp³-hybridized carbons (Fsp3) is 0.208. The summed E-state index contributed by atoms with van der Waals surface area (Å²) < 4.78 is 50.5. The molecule has 0 unspecified atom stereocenters. The second-order valence-electron chi connectivity index (χ2n) is 7.17. The van der Waals surface area contributed by atoms with E-state index in [1.165, 1.54) is 18.2 Å². The summed E-state index contributed by atoms with van der Waals surface area (Å²) in [7, 11) is -2.16. The molecule has 0 heterocycles. The van der Waals surface area contributed by atoms with Gasteiger partial charge in [0.05, 0.1) is 32.1 Å².